The Morgan fingerprint density at radius 1 is 0.667 bits per heavy atom. The summed E-state index contributed by atoms with van der Waals surface area (Å²) in [6, 6.07) is 12.3. The highest BCUT2D eigenvalue weighted by molar-refractivity contribution is 7.96. The van der Waals surface area contributed by atoms with Gasteiger partial charge in [0.05, 0.1) is 15.5 Å². The van der Waals surface area contributed by atoms with E-state index >= 15 is 0 Å². The van der Waals surface area contributed by atoms with E-state index in [9.17, 15) is 21.6 Å². The first kappa shape index (κ1) is 21.9. The number of benzene rings is 2. The first-order chi connectivity index (χ1) is 13.9. The number of sulfonamides is 1. The molecule has 0 amide bonds. The van der Waals surface area contributed by atoms with Crippen LogP contribution >= 0.6 is 0 Å². The highest BCUT2D eigenvalue weighted by atomic mass is 32.2. The van der Waals surface area contributed by atoms with Crippen LogP contribution in [0.25, 0.3) is 0 Å². The Kier molecular flexibility index (Phi) is 5.66. The number of hydrogen-bond donors (Lipinski definition) is 0. The minimum absolute atomic E-state index is 0.0145. The second-order valence-electron chi connectivity index (χ2n) is 7.17. The number of carbonyl (C=O) groups is 1. The Labute approximate surface area is 176 Å². The predicted molar refractivity (Wildman–Crippen MR) is 116 cm³/mol. The van der Waals surface area contributed by atoms with Crippen molar-refractivity contribution in [3.63, 3.8) is 0 Å². The first-order valence-electron chi connectivity index (χ1n) is 9.11. The van der Waals surface area contributed by atoms with Gasteiger partial charge in [0.2, 0.25) is 15.6 Å². The summed E-state index contributed by atoms with van der Waals surface area (Å²) in [6.07, 6.45) is 1.05. The van der Waals surface area contributed by atoms with Gasteiger partial charge in [0, 0.05) is 5.57 Å². The van der Waals surface area contributed by atoms with Crippen LogP contribution in [0.15, 0.2) is 84.8 Å². The zero-order valence-electron chi connectivity index (χ0n) is 17.0. The molecule has 3 rings (SSSR count). The van der Waals surface area contributed by atoms with Crippen molar-refractivity contribution in [1.29, 1.82) is 0 Å². The molecule has 0 saturated heterocycles. The van der Waals surface area contributed by atoms with Crippen LogP contribution in [-0.2, 0) is 24.7 Å². The molecule has 0 saturated carbocycles. The molecule has 0 fully saturated rings. The molecule has 2 aromatic rings. The van der Waals surface area contributed by atoms with Crippen molar-refractivity contribution >= 4 is 31.4 Å². The molecule has 0 N–H and O–H groups in total. The van der Waals surface area contributed by atoms with E-state index in [1.54, 1.807) is 31.2 Å². The van der Waals surface area contributed by atoms with E-state index in [0.717, 1.165) is 17.2 Å². The van der Waals surface area contributed by atoms with Crippen LogP contribution in [0.5, 0.6) is 0 Å². The summed E-state index contributed by atoms with van der Waals surface area (Å²) in [5.41, 5.74) is 2.15. The summed E-state index contributed by atoms with van der Waals surface area (Å²) in [6.45, 7) is 6.65. The molecule has 1 aliphatic carbocycles. The van der Waals surface area contributed by atoms with Crippen LogP contribution in [0.2, 0.25) is 0 Å². The quantitative estimate of drug-likeness (QED) is 0.671. The van der Waals surface area contributed by atoms with Gasteiger partial charge >= 0.3 is 0 Å². The van der Waals surface area contributed by atoms with Gasteiger partial charge in [0.25, 0.3) is 10.0 Å². The van der Waals surface area contributed by atoms with E-state index in [-0.39, 0.29) is 21.1 Å². The number of Topliss-reactive ketones (excluding diaryl/α,β-unsaturated/α-hetero) is 1. The van der Waals surface area contributed by atoms with Gasteiger partial charge < -0.3 is 0 Å². The first-order valence-corrected chi connectivity index (χ1v) is 12.0. The van der Waals surface area contributed by atoms with Gasteiger partial charge in [-0.2, -0.15) is 12.8 Å². The normalized spacial score (nSPS) is 16.7. The number of rotatable bonds is 4. The SMILES string of the molecule is CC1=C(C)C(=NS(=O)(=O)c2ccc(C)cc2)C=C(S(=O)(=O)c2ccc(C)cc2)C1=O. The fraction of sp³-hybridized carbons (Fsp3) is 0.182. The van der Waals surface area contributed by atoms with Crippen molar-refractivity contribution in [3.8, 4) is 0 Å². The van der Waals surface area contributed by atoms with E-state index in [4.69, 9.17) is 0 Å². The van der Waals surface area contributed by atoms with Crippen molar-refractivity contribution in [2.45, 2.75) is 37.5 Å². The molecule has 1 aliphatic rings. The molecular weight excluding hydrogens is 422 g/mol. The average Bonchev–Trinajstić information content (AvgIpc) is 2.69. The Morgan fingerprint density at radius 3 is 1.63 bits per heavy atom. The topological polar surface area (TPSA) is 97.7 Å². The molecule has 0 heterocycles. The molecule has 6 nitrogen and oxygen atoms in total. The zero-order valence-corrected chi connectivity index (χ0v) is 18.6. The maximum atomic E-state index is 13.1. The monoisotopic (exact) mass is 443 g/mol. The van der Waals surface area contributed by atoms with Crippen LogP contribution in [0, 0.1) is 13.8 Å². The second kappa shape index (κ2) is 7.77. The summed E-state index contributed by atoms with van der Waals surface area (Å²) in [4.78, 5) is 12.2. The van der Waals surface area contributed by atoms with Gasteiger partial charge in [-0.05, 0) is 63.6 Å². The Hall–Kier alpha value is -2.84. The fourth-order valence-corrected chi connectivity index (χ4v) is 5.32. The third-order valence-corrected chi connectivity index (χ3v) is 8.02. The van der Waals surface area contributed by atoms with Crippen LogP contribution in [0.4, 0.5) is 0 Å². The summed E-state index contributed by atoms with van der Waals surface area (Å²) in [7, 11) is -8.23. The van der Waals surface area contributed by atoms with Crippen molar-refractivity contribution < 1.29 is 21.6 Å². The molecule has 0 spiro atoms. The maximum absolute atomic E-state index is 13.1. The van der Waals surface area contributed by atoms with Gasteiger partial charge in [0.15, 0.2) is 0 Å². The number of nitrogens with zero attached hydrogens (tertiary/aromatic N) is 1. The molecule has 2 aromatic carbocycles. The standard InChI is InChI=1S/C22H21NO5S2/c1-14-5-9-18(10-6-14)29(25,26)21-13-20(16(3)17(4)22(21)24)23-30(27,28)19-11-7-15(2)8-12-19/h5-13H,1-4H3. The highest BCUT2D eigenvalue weighted by Gasteiger charge is 2.33. The Morgan fingerprint density at radius 2 is 1.13 bits per heavy atom. The zero-order chi connectivity index (χ0) is 22.3. The smallest absolute Gasteiger partial charge is 0.282 e. The molecule has 0 atom stereocenters. The molecule has 0 aliphatic heterocycles. The Bertz CT molecular complexity index is 1330. The van der Waals surface area contributed by atoms with Gasteiger partial charge in [-0.3, -0.25) is 4.79 Å². The van der Waals surface area contributed by atoms with Crippen LogP contribution in [0.3, 0.4) is 0 Å². The molecule has 30 heavy (non-hydrogen) atoms. The fourth-order valence-electron chi connectivity index (χ4n) is 2.88. The van der Waals surface area contributed by atoms with Crippen LogP contribution in [0.1, 0.15) is 25.0 Å². The van der Waals surface area contributed by atoms with Crippen LogP contribution in [-0.4, -0.2) is 28.3 Å². The second-order valence-corrected chi connectivity index (χ2v) is 10.7. The van der Waals surface area contributed by atoms with E-state index in [1.807, 2.05) is 13.8 Å². The third kappa shape index (κ3) is 4.06. The number of carbonyl (C=O) groups excluding carboxylic acids is 1. The number of allylic oxidation sites excluding steroid dienone is 4. The minimum atomic E-state index is -4.14. The number of hydrogen-bond acceptors (Lipinski definition) is 5. The molecule has 0 unspecified atom stereocenters. The number of ketones is 1. The van der Waals surface area contributed by atoms with Crippen molar-refractivity contribution in [1.82, 2.24) is 0 Å². The lowest BCUT2D eigenvalue weighted by Gasteiger charge is -2.17. The average molecular weight is 444 g/mol. The van der Waals surface area contributed by atoms with E-state index < -0.39 is 30.5 Å². The third-order valence-electron chi connectivity index (χ3n) is 4.94. The largest absolute Gasteiger partial charge is 0.288 e. The summed E-state index contributed by atoms with van der Waals surface area (Å²) < 4.78 is 55.4. The lowest BCUT2D eigenvalue weighted by atomic mass is 9.97. The van der Waals surface area contributed by atoms with E-state index in [1.165, 1.54) is 31.2 Å². The summed E-state index contributed by atoms with van der Waals surface area (Å²) >= 11 is 0. The molecule has 8 heteroatoms. The number of sulfone groups is 1. The Balaban J connectivity index is 2.16. The summed E-state index contributed by atoms with van der Waals surface area (Å²) in [5, 5.41) is 0. The van der Waals surface area contributed by atoms with Crippen molar-refractivity contribution in [2.24, 2.45) is 4.40 Å². The van der Waals surface area contributed by atoms with Crippen molar-refractivity contribution in [2.75, 3.05) is 0 Å². The lowest BCUT2D eigenvalue weighted by Crippen LogP contribution is -2.23. The van der Waals surface area contributed by atoms with Gasteiger partial charge in [-0.25, -0.2) is 8.42 Å². The molecule has 0 aromatic heterocycles. The van der Waals surface area contributed by atoms with Gasteiger partial charge in [-0.15, -0.1) is 0 Å². The molecule has 156 valence electrons. The molecule has 0 bridgehead atoms. The van der Waals surface area contributed by atoms with Crippen LogP contribution < -0.4 is 0 Å². The van der Waals surface area contributed by atoms with E-state index in [0.29, 0.717) is 5.57 Å². The maximum Gasteiger partial charge on any atom is 0.282 e. The molecular formula is C22H21NO5S2. The predicted octanol–water partition coefficient (Wildman–Crippen LogP) is 3.71. The minimum Gasteiger partial charge on any atom is -0.288 e. The summed E-state index contributed by atoms with van der Waals surface area (Å²) in [5.74, 6) is -0.667. The van der Waals surface area contributed by atoms with Crippen molar-refractivity contribution in [3.05, 3.63) is 81.8 Å². The van der Waals surface area contributed by atoms with Gasteiger partial charge in [0.1, 0.15) is 4.91 Å². The highest BCUT2D eigenvalue weighted by Crippen LogP contribution is 2.29. The molecule has 0 radical (unpaired) electrons. The number of aryl methyl sites for hydroxylation is 2. The van der Waals surface area contributed by atoms with E-state index in [2.05, 4.69) is 4.40 Å². The lowest BCUT2D eigenvalue weighted by molar-refractivity contribution is -0.111. The van der Waals surface area contributed by atoms with Gasteiger partial charge in [-0.1, -0.05) is 35.4 Å².